The lowest BCUT2D eigenvalue weighted by atomic mass is 10.1. The van der Waals surface area contributed by atoms with Gasteiger partial charge in [-0.1, -0.05) is 0 Å². The van der Waals surface area contributed by atoms with Crippen molar-refractivity contribution in [3.8, 4) is 0 Å². The Labute approximate surface area is 119 Å². The van der Waals surface area contributed by atoms with E-state index in [1.165, 1.54) is 0 Å². The molecule has 0 aromatic heterocycles. The molecule has 3 aliphatic heterocycles. The topological polar surface area (TPSA) is 64.7 Å². The van der Waals surface area contributed by atoms with Gasteiger partial charge in [0.2, 0.25) is 11.8 Å². The lowest BCUT2D eigenvalue weighted by molar-refractivity contribution is -0.132. The zero-order valence-electron chi connectivity index (χ0n) is 11.9. The molecule has 2 atom stereocenters. The Morgan fingerprint density at radius 2 is 1.95 bits per heavy atom. The predicted octanol–water partition coefficient (Wildman–Crippen LogP) is -0.839. The van der Waals surface area contributed by atoms with E-state index in [-0.39, 0.29) is 11.8 Å². The highest BCUT2D eigenvalue weighted by Crippen LogP contribution is 2.28. The molecule has 3 rings (SSSR count). The van der Waals surface area contributed by atoms with Crippen LogP contribution in [-0.2, 0) is 9.59 Å². The molecule has 6 nitrogen and oxygen atoms in total. The quantitative estimate of drug-likeness (QED) is 0.708. The first-order valence-corrected chi connectivity index (χ1v) is 7.75. The number of nitrogens with one attached hydrogen (secondary N) is 2. The van der Waals surface area contributed by atoms with Gasteiger partial charge in [-0.15, -0.1) is 0 Å². The molecule has 0 aromatic rings. The predicted molar refractivity (Wildman–Crippen MR) is 75.2 cm³/mol. The zero-order valence-corrected chi connectivity index (χ0v) is 11.9. The van der Waals surface area contributed by atoms with Crippen molar-refractivity contribution in [2.45, 2.75) is 37.8 Å². The minimum Gasteiger partial charge on any atom is -0.354 e. The van der Waals surface area contributed by atoms with E-state index in [9.17, 15) is 9.59 Å². The van der Waals surface area contributed by atoms with E-state index in [1.807, 2.05) is 4.90 Å². The number of hydrogen-bond acceptors (Lipinski definition) is 4. The summed E-state index contributed by atoms with van der Waals surface area (Å²) in [6.45, 7) is 5.00. The maximum absolute atomic E-state index is 12.2. The van der Waals surface area contributed by atoms with E-state index < -0.39 is 0 Å². The summed E-state index contributed by atoms with van der Waals surface area (Å²) >= 11 is 0. The Kier molecular flexibility index (Phi) is 4.21. The van der Waals surface area contributed by atoms with Crippen molar-refractivity contribution in [1.29, 1.82) is 0 Å². The van der Waals surface area contributed by atoms with Gasteiger partial charge in [-0.25, -0.2) is 0 Å². The Hall–Kier alpha value is -1.14. The van der Waals surface area contributed by atoms with Gasteiger partial charge < -0.3 is 15.5 Å². The lowest BCUT2D eigenvalue weighted by Gasteiger charge is -2.30. The van der Waals surface area contributed by atoms with E-state index in [0.29, 0.717) is 24.9 Å². The number of carbonyl (C=O) groups excluding carboxylic acids is 2. The Balaban J connectivity index is 1.52. The monoisotopic (exact) mass is 280 g/mol. The van der Waals surface area contributed by atoms with Crippen LogP contribution in [0.5, 0.6) is 0 Å². The minimum absolute atomic E-state index is 0.163. The molecule has 3 heterocycles. The van der Waals surface area contributed by atoms with Crippen LogP contribution in [0, 0.1) is 0 Å². The van der Waals surface area contributed by atoms with Gasteiger partial charge in [0.05, 0.1) is 0 Å². The number of rotatable bonds is 3. The molecule has 2 unspecified atom stereocenters. The summed E-state index contributed by atoms with van der Waals surface area (Å²) in [5.74, 6) is 0.421. The van der Waals surface area contributed by atoms with Gasteiger partial charge in [-0.3, -0.25) is 14.5 Å². The molecule has 3 saturated heterocycles. The van der Waals surface area contributed by atoms with Crippen LogP contribution >= 0.6 is 0 Å². The van der Waals surface area contributed by atoms with Crippen molar-refractivity contribution in [2.75, 3.05) is 39.3 Å². The van der Waals surface area contributed by atoms with Gasteiger partial charge in [-0.05, 0) is 12.8 Å². The van der Waals surface area contributed by atoms with Gasteiger partial charge in [0.25, 0.3) is 0 Å². The summed E-state index contributed by atoms with van der Waals surface area (Å²) in [7, 11) is 0. The molecule has 6 heteroatoms. The van der Waals surface area contributed by atoms with Crippen molar-refractivity contribution in [3.05, 3.63) is 0 Å². The van der Waals surface area contributed by atoms with Gasteiger partial charge in [0.1, 0.15) is 0 Å². The third kappa shape index (κ3) is 2.96. The Bertz CT molecular complexity index is 381. The van der Waals surface area contributed by atoms with Gasteiger partial charge in [0.15, 0.2) is 0 Å². The highest BCUT2D eigenvalue weighted by molar-refractivity contribution is 5.77. The average Bonchev–Trinajstić information content (AvgIpc) is 2.76. The molecular weight excluding hydrogens is 256 g/mol. The van der Waals surface area contributed by atoms with E-state index in [1.54, 1.807) is 0 Å². The summed E-state index contributed by atoms with van der Waals surface area (Å²) in [4.78, 5) is 28.1. The molecule has 0 spiro atoms. The molecule has 3 fully saturated rings. The van der Waals surface area contributed by atoms with Crippen LogP contribution in [0.4, 0.5) is 0 Å². The van der Waals surface area contributed by atoms with Crippen LogP contribution in [-0.4, -0.2) is 73.0 Å². The molecule has 0 aliphatic carbocycles. The SMILES string of the molecule is O=C1CC2CCC(CN1)N2CCC(=O)N1CCNCC1. The van der Waals surface area contributed by atoms with Crippen molar-refractivity contribution >= 4 is 11.8 Å². The highest BCUT2D eigenvalue weighted by Gasteiger charge is 2.37. The Morgan fingerprint density at radius 1 is 1.20 bits per heavy atom. The van der Waals surface area contributed by atoms with Crippen molar-refractivity contribution < 1.29 is 9.59 Å². The molecule has 0 saturated carbocycles. The zero-order chi connectivity index (χ0) is 13.9. The maximum Gasteiger partial charge on any atom is 0.223 e. The standard InChI is InChI=1S/C14H24N4O2/c19-13-9-11-1-2-12(10-16-13)18(11)6-3-14(20)17-7-4-15-5-8-17/h11-12,15H,1-10H2,(H,16,19). The first-order valence-electron chi connectivity index (χ1n) is 7.75. The average molecular weight is 280 g/mol. The largest absolute Gasteiger partial charge is 0.354 e. The van der Waals surface area contributed by atoms with Gasteiger partial charge >= 0.3 is 0 Å². The molecule has 3 aliphatic rings. The fraction of sp³-hybridized carbons (Fsp3) is 0.857. The smallest absolute Gasteiger partial charge is 0.223 e. The molecule has 0 aromatic carbocycles. The van der Waals surface area contributed by atoms with E-state index >= 15 is 0 Å². The van der Waals surface area contributed by atoms with E-state index in [0.717, 1.165) is 52.1 Å². The van der Waals surface area contributed by atoms with Crippen molar-refractivity contribution in [2.24, 2.45) is 0 Å². The number of carbonyl (C=O) groups is 2. The van der Waals surface area contributed by atoms with E-state index in [4.69, 9.17) is 0 Å². The molecule has 20 heavy (non-hydrogen) atoms. The summed E-state index contributed by atoms with van der Waals surface area (Å²) in [6, 6.07) is 0.778. The highest BCUT2D eigenvalue weighted by atomic mass is 16.2. The summed E-state index contributed by atoms with van der Waals surface area (Å²) in [5.41, 5.74) is 0. The summed E-state index contributed by atoms with van der Waals surface area (Å²) in [5, 5.41) is 6.23. The minimum atomic E-state index is 0.163. The number of nitrogens with zero attached hydrogens (tertiary/aromatic N) is 2. The third-order valence-electron chi connectivity index (χ3n) is 4.78. The summed E-state index contributed by atoms with van der Waals surface area (Å²) < 4.78 is 0. The van der Waals surface area contributed by atoms with Gasteiger partial charge in [-0.2, -0.15) is 0 Å². The van der Waals surface area contributed by atoms with Crippen molar-refractivity contribution in [1.82, 2.24) is 20.4 Å². The van der Waals surface area contributed by atoms with Crippen LogP contribution in [0.15, 0.2) is 0 Å². The second-order valence-corrected chi connectivity index (χ2v) is 6.01. The first kappa shape index (κ1) is 13.8. The number of piperazine rings is 1. The fourth-order valence-corrected chi connectivity index (χ4v) is 3.63. The molecule has 2 amide bonds. The normalized spacial score (nSPS) is 31.0. The summed E-state index contributed by atoms with van der Waals surface area (Å²) in [6.07, 6.45) is 3.42. The lowest BCUT2D eigenvalue weighted by Crippen LogP contribution is -2.47. The van der Waals surface area contributed by atoms with E-state index in [2.05, 4.69) is 15.5 Å². The van der Waals surface area contributed by atoms with Crippen LogP contribution in [0.2, 0.25) is 0 Å². The van der Waals surface area contributed by atoms with Crippen LogP contribution in [0.1, 0.15) is 25.7 Å². The number of fused-ring (bicyclic) bond motifs is 2. The molecule has 112 valence electrons. The Morgan fingerprint density at radius 3 is 2.75 bits per heavy atom. The third-order valence-corrected chi connectivity index (χ3v) is 4.78. The molecule has 2 bridgehead atoms. The van der Waals surface area contributed by atoms with Crippen LogP contribution in [0.3, 0.4) is 0 Å². The molecule has 2 N–H and O–H groups in total. The fourth-order valence-electron chi connectivity index (χ4n) is 3.63. The van der Waals surface area contributed by atoms with Gasteiger partial charge in [0, 0.05) is 64.2 Å². The molecule has 0 radical (unpaired) electrons. The maximum atomic E-state index is 12.2. The number of hydrogen-bond donors (Lipinski definition) is 2. The second kappa shape index (κ2) is 6.10. The number of amides is 2. The first-order chi connectivity index (χ1) is 9.74. The van der Waals surface area contributed by atoms with Crippen LogP contribution < -0.4 is 10.6 Å². The van der Waals surface area contributed by atoms with Crippen LogP contribution in [0.25, 0.3) is 0 Å². The second-order valence-electron chi connectivity index (χ2n) is 6.01. The van der Waals surface area contributed by atoms with Crippen molar-refractivity contribution in [3.63, 3.8) is 0 Å². The molecular formula is C14H24N4O2.